The van der Waals surface area contributed by atoms with Crippen molar-refractivity contribution in [1.29, 1.82) is 0 Å². The predicted octanol–water partition coefficient (Wildman–Crippen LogP) is 3.37. The number of carbonyl (C=O) groups is 1. The smallest absolute Gasteiger partial charge is 0.263 e. The lowest BCUT2D eigenvalue weighted by Gasteiger charge is -2.15. The second kappa shape index (κ2) is 6.66. The van der Waals surface area contributed by atoms with Crippen molar-refractivity contribution in [3.63, 3.8) is 0 Å². The van der Waals surface area contributed by atoms with E-state index in [1.807, 2.05) is 26.2 Å². The van der Waals surface area contributed by atoms with Gasteiger partial charge in [0.2, 0.25) is 0 Å². The Morgan fingerprint density at radius 1 is 1.52 bits per heavy atom. The molecule has 0 aromatic carbocycles. The van der Waals surface area contributed by atoms with Crippen LogP contribution >= 0.6 is 23.1 Å². The molecule has 21 heavy (non-hydrogen) atoms. The first-order chi connectivity index (χ1) is 9.97. The van der Waals surface area contributed by atoms with Gasteiger partial charge < -0.3 is 11.1 Å². The number of nitrogens with one attached hydrogen (secondary N) is 1. The van der Waals surface area contributed by atoms with Crippen LogP contribution in [0.4, 0.5) is 5.69 Å². The highest BCUT2D eigenvalue weighted by Crippen LogP contribution is 2.34. The molecule has 0 fully saturated rings. The van der Waals surface area contributed by atoms with Crippen LogP contribution in [0.1, 0.15) is 34.3 Å². The maximum atomic E-state index is 12.5. The van der Waals surface area contributed by atoms with E-state index in [-0.39, 0.29) is 11.9 Å². The van der Waals surface area contributed by atoms with Crippen LogP contribution in [0.2, 0.25) is 0 Å². The van der Waals surface area contributed by atoms with Gasteiger partial charge in [-0.3, -0.25) is 4.79 Å². The zero-order valence-electron chi connectivity index (χ0n) is 12.8. The zero-order valence-corrected chi connectivity index (χ0v) is 14.5. The van der Waals surface area contributed by atoms with Gasteiger partial charge in [0, 0.05) is 22.9 Å². The molecule has 6 heteroatoms. The molecule has 0 saturated carbocycles. The second-order valence-electron chi connectivity index (χ2n) is 5.14. The summed E-state index contributed by atoms with van der Waals surface area (Å²) in [5, 5.41) is 3.97. The average molecular weight is 323 g/mol. The SMILES string of the molecule is CCC(CSC)NC(=O)c1sc2nc(C)cc(C)c2c1N. The third kappa shape index (κ3) is 3.32. The summed E-state index contributed by atoms with van der Waals surface area (Å²) in [6.07, 6.45) is 2.95. The van der Waals surface area contributed by atoms with Crippen molar-refractivity contribution in [1.82, 2.24) is 10.3 Å². The van der Waals surface area contributed by atoms with E-state index < -0.39 is 0 Å². The van der Waals surface area contributed by atoms with E-state index in [2.05, 4.69) is 17.2 Å². The Labute approximate surface area is 133 Å². The van der Waals surface area contributed by atoms with Crippen LogP contribution in [0.5, 0.6) is 0 Å². The number of hydrogen-bond acceptors (Lipinski definition) is 5. The minimum atomic E-state index is -0.0894. The molecule has 0 saturated heterocycles. The van der Waals surface area contributed by atoms with Gasteiger partial charge in [-0.25, -0.2) is 4.98 Å². The summed E-state index contributed by atoms with van der Waals surface area (Å²) in [4.78, 5) is 18.4. The van der Waals surface area contributed by atoms with Crippen LogP contribution in [0.15, 0.2) is 6.07 Å². The molecule has 1 unspecified atom stereocenters. The van der Waals surface area contributed by atoms with Crippen molar-refractivity contribution in [2.24, 2.45) is 0 Å². The van der Waals surface area contributed by atoms with Crippen molar-refractivity contribution < 1.29 is 4.79 Å². The lowest BCUT2D eigenvalue weighted by Crippen LogP contribution is -2.36. The number of anilines is 1. The van der Waals surface area contributed by atoms with E-state index >= 15 is 0 Å². The number of fused-ring (bicyclic) bond motifs is 1. The Morgan fingerprint density at radius 3 is 2.86 bits per heavy atom. The molecule has 0 aliphatic heterocycles. The minimum absolute atomic E-state index is 0.0894. The number of thioether (sulfide) groups is 1. The van der Waals surface area contributed by atoms with Gasteiger partial charge in [0.15, 0.2) is 0 Å². The van der Waals surface area contributed by atoms with E-state index in [1.54, 1.807) is 11.8 Å². The number of nitrogens with zero attached hydrogens (tertiary/aromatic N) is 1. The maximum absolute atomic E-state index is 12.5. The summed E-state index contributed by atoms with van der Waals surface area (Å²) in [6, 6.07) is 2.17. The first-order valence-electron chi connectivity index (χ1n) is 6.93. The molecule has 2 heterocycles. The lowest BCUT2D eigenvalue weighted by atomic mass is 10.1. The fourth-order valence-electron chi connectivity index (χ4n) is 2.35. The molecule has 0 bridgehead atoms. The monoisotopic (exact) mass is 323 g/mol. The highest BCUT2D eigenvalue weighted by molar-refractivity contribution is 7.98. The number of aryl methyl sites for hydroxylation is 2. The van der Waals surface area contributed by atoms with Crippen LogP contribution < -0.4 is 11.1 Å². The van der Waals surface area contributed by atoms with Crippen LogP contribution in [-0.2, 0) is 0 Å². The molecule has 2 rings (SSSR count). The fourth-order valence-corrected chi connectivity index (χ4v) is 4.19. The number of hydrogen-bond donors (Lipinski definition) is 2. The topological polar surface area (TPSA) is 68.0 Å². The second-order valence-corrected chi connectivity index (χ2v) is 7.05. The zero-order chi connectivity index (χ0) is 15.6. The van der Waals surface area contributed by atoms with E-state index in [4.69, 9.17) is 5.73 Å². The molecule has 3 N–H and O–H groups in total. The Balaban J connectivity index is 2.36. The quantitative estimate of drug-likeness (QED) is 0.885. The van der Waals surface area contributed by atoms with Gasteiger partial charge in [-0.1, -0.05) is 6.92 Å². The molecule has 0 aliphatic rings. The molecule has 4 nitrogen and oxygen atoms in total. The van der Waals surface area contributed by atoms with E-state index in [1.165, 1.54) is 11.3 Å². The Bertz CT molecular complexity index is 666. The van der Waals surface area contributed by atoms with E-state index in [9.17, 15) is 4.79 Å². The van der Waals surface area contributed by atoms with Gasteiger partial charge in [-0.05, 0) is 38.2 Å². The molecular formula is C15H21N3OS2. The highest BCUT2D eigenvalue weighted by atomic mass is 32.2. The summed E-state index contributed by atoms with van der Waals surface area (Å²) in [5.74, 6) is 0.817. The van der Waals surface area contributed by atoms with Gasteiger partial charge in [-0.15, -0.1) is 11.3 Å². The lowest BCUT2D eigenvalue weighted by molar-refractivity contribution is 0.0945. The first-order valence-corrected chi connectivity index (χ1v) is 9.15. The largest absolute Gasteiger partial charge is 0.397 e. The molecule has 1 amide bonds. The van der Waals surface area contributed by atoms with Crippen molar-refractivity contribution >= 4 is 44.9 Å². The van der Waals surface area contributed by atoms with Crippen LogP contribution in [0, 0.1) is 13.8 Å². The molecule has 2 aromatic rings. The maximum Gasteiger partial charge on any atom is 0.263 e. The molecule has 114 valence electrons. The normalized spacial score (nSPS) is 12.6. The molecule has 0 spiro atoms. The van der Waals surface area contributed by atoms with Gasteiger partial charge >= 0.3 is 0 Å². The minimum Gasteiger partial charge on any atom is -0.397 e. The number of carbonyl (C=O) groups excluding carboxylic acids is 1. The predicted molar refractivity (Wildman–Crippen MR) is 93.4 cm³/mol. The van der Waals surface area contributed by atoms with Crippen LogP contribution in [0.25, 0.3) is 10.2 Å². The number of pyridine rings is 1. The van der Waals surface area contributed by atoms with Crippen LogP contribution in [0.3, 0.4) is 0 Å². The van der Waals surface area contributed by atoms with E-state index in [0.717, 1.165) is 33.6 Å². The number of aromatic nitrogens is 1. The standard InChI is InChI=1S/C15H21N3OS2/c1-5-10(7-20-4)18-14(19)13-12(16)11-8(2)6-9(3)17-15(11)21-13/h6,10H,5,7,16H2,1-4H3,(H,18,19). The summed E-state index contributed by atoms with van der Waals surface area (Å²) in [6.45, 7) is 6.03. The highest BCUT2D eigenvalue weighted by Gasteiger charge is 2.20. The van der Waals surface area contributed by atoms with Gasteiger partial charge in [0.25, 0.3) is 5.91 Å². The summed E-state index contributed by atoms with van der Waals surface area (Å²) in [7, 11) is 0. The van der Waals surface area contributed by atoms with Gasteiger partial charge in [-0.2, -0.15) is 11.8 Å². The molecule has 1 atom stereocenters. The van der Waals surface area contributed by atoms with Crippen molar-refractivity contribution in [3.8, 4) is 0 Å². The molecule has 0 aliphatic carbocycles. The van der Waals surface area contributed by atoms with Gasteiger partial charge in [0.1, 0.15) is 9.71 Å². The summed E-state index contributed by atoms with van der Waals surface area (Å²) >= 11 is 3.11. The Morgan fingerprint density at radius 2 is 2.24 bits per heavy atom. The Kier molecular flexibility index (Phi) is 5.11. The van der Waals surface area contributed by atoms with E-state index in [0.29, 0.717) is 10.6 Å². The Hall–Kier alpha value is -1.27. The summed E-state index contributed by atoms with van der Waals surface area (Å²) in [5.41, 5.74) is 8.76. The average Bonchev–Trinajstić information content (AvgIpc) is 2.75. The number of nitrogens with two attached hydrogens (primary N) is 1. The third-order valence-corrected chi connectivity index (χ3v) is 5.26. The van der Waals surface area contributed by atoms with Crippen molar-refractivity contribution in [2.45, 2.75) is 33.2 Å². The molecule has 0 radical (unpaired) electrons. The molecule has 2 aromatic heterocycles. The summed E-state index contributed by atoms with van der Waals surface area (Å²) < 4.78 is 0. The van der Waals surface area contributed by atoms with Crippen LogP contribution in [-0.4, -0.2) is 28.9 Å². The fraction of sp³-hybridized carbons (Fsp3) is 0.467. The number of thiophene rings is 1. The number of amides is 1. The van der Waals surface area contributed by atoms with Crippen molar-refractivity contribution in [3.05, 3.63) is 22.2 Å². The molecular weight excluding hydrogens is 302 g/mol. The third-order valence-electron chi connectivity index (χ3n) is 3.43. The number of rotatable bonds is 5. The first kappa shape index (κ1) is 16.1. The number of nitrogen functional groups attached to an aromatic ring is 1. The van der Waals surface area contributed by atoms with Gasteiger partial charge in [0.05, 0.1) is 5.69 Å². The van der Waals surface area contributed by atoms with Crippen molar-refractivity contribution in [2.75, 3.05) is 17.7 Å².